The first kappa shape index (κ1) is 26.3. The van der Waals surface area contributed by atoms with E-state index in [2.05, 4.69) is 12.2 Å². The quantitative estimate of drug-likeness (QED) is 0.342. The van der Waals surface area contributed by atoms with E-state index in [0.29, 0.717) is 24.5 Å². The van der Waals surface area contributed by atoms with Crippen molar-refractivity contribution in [3.63, 3.8) is 0 Å². The Morgan fingerprint density at radius 2 is 1.57 bits per heavy atom. The van der Waals surface area contributed by atoms with Gasteiger partial charge in [0.05, 0.1) is 13.5 Å². The molecule has 6 heteroatoms. The minimum atomic E-state index is -0.643. The third kappa shape index (κ3) is 8.15. The van der Waals surface area contributed by atoms with Gasteiger partial charge in [-0.2, -0.15) is 0 Å². The average Bonchev–Trinajstić information content (AvgIpc) is 2.88. The number of methoxy groups -OCH3 is 1. The van der Waals surface area contributed by atoms with E-state index in [1.54, 1.807) is 24.1 Å². The van der Waals surface area contributed by atoms with Crippen LogP contribution in [0.15, 0.2) is 78.9 Å². The van der Waals surface area contributed by atoms with Gasteiger partial charge < -0.3 is 15.0 Å². The summed E-state index contributed by atoms with van der Waals surface area (Å²) >= 11 is 6.08. The Morgan fingerprint density at radius 1 is 0.914 bits per heavy atom. The van der Waals surface area contributed by atoms with E-state index in [0.717, 1.165) is 35.3 Å². The van der Waals surface area contributed by atoms with E-state index >= 15 is 0 Å². The van der Waals surface area contributed by atoms with Gasteiger partial charge in [-0.25, -0.2) is 0 Å². The molecule has 0 spiro atoms. The number of ether oxygens (including phenoxy) is 1. The molecule has 0 heterocycles. The smallest absolute Gasteiger partial charge is 0.243 e. The van der Waals surface area contributed by atoms with Crippen LogP contribution in [0.1, 0.15) is 36.5 Å². The van der Waals surface area contributed by atoms with Crippen LogP contribution in [0.4, 0.5) is 0 Å². The summed E-state index contributed by atoms with van der Waals surface area (Å²) in [7, 11) is 1.61. The molecule has 0 saturated heterocycles. The largest absolute Gasteiger partial charge is 0.497 e. The highest BCUT2D eigenvalue weighted by Gasteiger charge is 2.30. The normalized spacial score (nSPS) is 11.5. The summed E-state index contributed by atoms with van der Waals surface area (Å²) in [5.74, 6) is 0.479. The van der Waals surface area contributed by atoms with Gasteiger partial charge in [0.1, 0.15) is 11.8 Å². The summed E-state index contributed by atoms with van der Waals surface area (Å²) in [6.45, 7) is 2.98. The van der Waals surface area contributed by atoms with E-state index in [9.17, 15) is 9.59 Å². The van der Waals surface area contributed by atoms with Gasteiger partial charge in [-0.3, -0.25) is 9.59 Å². The minimum Gasteiger partial charge on any atom is -0.497 e. The molecule has 5 nitrogen and oxygen atoms in total. The molecule has 2 amide bonds. The summed E-state index contributed by atoms with van der Waals surface area (Å²) in [4.78, 5) is 28.8. The first-order valence-corrected chi connectivity index (χ1v) is 12.4. The molecular weight excluding hydrogens is 460 g/mol. The lowest BCUT2D eigenvalue weighted by Gasteiger charge is -2.32. The molecule has 0 radical (unpaired) electrons. The number of carbonyl (C=O) groups is 2. The molecule has 184 valence electrons. The highest BCUT2D eigenvalue weighted by molar-refractivity contribution is 6.30. The fraction of sp³-hybridized carbons (Fsp3) is 0.310. The molecule has 0 saturated carbocycles. The Morgan fingerprint density at radius 3 is 2.20 bits per heavy atom. The molecule has 0 aromatic heterocycles. The molecule has 3 aromatic carbocycles. The maximum Gasteiger partial charge on any atom is 0.243 e. The van der Waals surface area contributed by atoms with Crippen LogP contribution >= 0.6 is 11.6 Å². The number of halogens is 1. The van der Waals surface area contributed by atoms with Crippen molar-refractivity contribution < 1.29 is 14.3 Å². The molecule has 0 aliphatic rings. The van der Waals surface area contributed by atoms with Gasteiger partial charge in [-0.15, -0.1) is 0 Å². The zero-order chi connectivity index (χ0) is 25.0. The molecule has 0 bridgehead atoms. The molecule has 0 fully saturated rings. The van der Waals surface area contributed by atoms with E-state index in [4.69, 9.17) is 16.3 Å². The average molecular weight is 493 g/mol. The van der Waals surface area contributed by atoms with Crippen molar-refractivity contribution in [3.05, 3.63) is 101 Å². The van der Waals surface area contributed by atoms with Crippen LogP contribution in [0, 0.1) is 0 Å². The number of rotatable bonds is 12. The number of unbranched alkanes of at least 4 members (excludes halogenated alkanes) is 1. The number of hydrogen-bond acceptors (Lipinski definition) is 3. The van der Waals surface area contributed by atoms with Gasteiger partial charge in [0.25, 0.3) is 0 Å². The molecule has 3 rings (SSSR count). The minimum absolute atomic E-state index is 0.114. The van der Waals surface area contributed by atoms with Crippen molar-refractivity contribution in [3.8, 4) is 5.75 Å². The predicted molar refractivity (Wildman–Crippen MR) is 141 cm³/mol. The highest BCUT2D eigenvalue weighted by atomic mass is 35.5. The van der Waals surface area contributed by atoms with Crippen molar-refractivity contribution in [1.29, 1.82) is 0 Å². The Hall–Kier alpha value is -3.31. The Balaban J connectivity index is 1.91. The predicted octanol–water partition coefficient (Wildman–Crippen LogP) is 5.45. The van der Waals surface area contributed by atoms with Crippen LogP contribution < -0.4 is 10.1 Å². The van der Waals surface area contributed by atoms with E-state index < -0.39 is 6.04 Å². The lowest BCUT2D eigenvalue weighted by Crippen LogP contribution is -2.51. The Kier molecular flexibility index (Phi) is 10.2. The van der Waals surface area contributed by atoms with Gasteiger partial charge in [-0.05, 0) is 47.4 Å². The zero-order valence-corrected chi connectivity index (χ0v) is 21.1. The fourth-order valence-corrected chi connectivity index (χ4v) is 3.99. The summed E-state index contributed by atoms with van der Waals surface area (Å²) in [6.07, 6.45) is 2.49. The third-order valence-corrected chi connectivity index (χ3v) is 6.13. The molecule has 35 heavy (non-hydrogen) atoms. The zero-order valence-electron chi connectivity index (χ0n) is 20.4. The molecule has 0 aliphatic carbocycles. The summed E-state index contributed by atoms with van der Waals surface area (Å²) in [5.41, 5.74) is 2.78. The van der Waals surface area contributed by atoms with Gasteiger partial charge in [0, 0.05) is 24.5 Å². The van der Waals surface area contributed by atoms with Crippen LogP contribution in [0.3, 0.4) is 0 Å². The molecule has 3 aromatic rings. The van der Waals surface area contributed by atoms with Gasteiger partial charge >= 0.3 is 0 Å². The van der Waals surface area contributed by atoms with Crippen molar-refractivity contribution in [2.75, 3.05) is 13.7 Å². The second-order valence-corrected chi connectivity index (χ2v) is 8.96. The molecule has 1 N–H and O–H groups in total. The third-order valence-electron chi connectivity index (χ3n) is 5.88. The topological polar surface area (TPSA) is 58.6 Å². The summed E-state index contributed by atoms with van der Waals surface area (Å²) in [5, 5.41) is 3.67. The van der Waals surface area contributed by atoms with Gasteiger partial charge in [0.2, 0.25) is 11.8 Å². The fourth-order valence-electron chi connectivity index (χ4n) is 3.87. The number of amides is 2. The monoisotopic (exact) mass is 492 g/mol. The van der Waals surface area contributed by atoms with Crippen LogP contribution in [-0.4, -0.2) is 36.4 Å². The van der Waals surface area contributed by atoms with Crippen molar-refractivity contribution in [1.82, 2.24) is 10.2 Å². The Labute approximate surface area is 213 Å². The van der Waals surface area contributed by atoms with E-state index in [-0.39, 0.29) is 18.2 Å². The highest BCUT2D eigenvalue weighted by Crippen LogP contribution is 2.19. The molecular formula is C29H33ClN2O3. The number of nitrogens with one attached hydrogen (secondary N) is 1. The summed E-state index contributed by atoms with van der Waals surface area (Å²) in [6, 6.07) is 24.0. The van der Waals surface area contributed by atoms with Crippen molar-refractivity contribution in [2.45, 2.75) is 45.2 Å². The lowest BCUT2D eigenvalue weighted by atomic mass is 10.0. The maximum atomic E-state index is 13.7. The van der Waals surface area contributed by atoms with E-state index in [1.165, 1.54) is 0 Å². The number of carbonyl (C=O) groups excluding carboxylic acids is 2. The number of hydrogen-bond donors (Lipinski definition) is 1. The van der Waals surface area contributed by atoms with Crippen molar-refractivity contribution in [2.24, 2.45) is 0 Å². The van der Waals surface area contributed by atoms with E-state index in [1.807, 2.05) is 66.7 Å². The first-order valence-electron chi connectivity index (χ1n) is 12.0. The SMILES string of the molecule is CCCCNC(=O)[C@@H](Cc1ccccc1)N(Cc1ccc(Cl)cc1)C(=O)Cc1ccc(OC)cc1. The standard InChI is InChI=1S/C29H33ClN2O3/c1-3-4-18-31-29(34)27(19-22-8-6-5-7-9-22)32(21-24-10-14-25(30)15-11-24)28(33)20-23-12-16-26(35-2)17-13-23/h5-17,27H,3-4,18-21H2,1-2H3,(H,31,34)/t27-/m1/s1. The molecule has 0 unspecified atom stereocenters. The Bertz CT molecular complexity index is 1070. The first-order chi connectivity index (χ1) is 17.0. The van der Waals surface area contributed by atoms with Gasteiger partial charge in [0.15, 0.2) is 0 Å². The summed E-state index contributed by atoms with van der Waals surface area (Å²) < 4.78 is 5.23. The van der Waals surface area contributed by atoms with Gasteiger partial charge in [-0.1, -0.05) is 79.5 Å². The van der Waals surface area contributed by atoms with Crippen molar-refractivity contribution >= 4 is 23.4 Å². The lowest BCUT2D eigenvalue weighted by molar-refractivity contribution is -0.140. The number of nitrogens with zero attached hydrogens (tertiary/aromatic N) is 1. The van der Waals surface area contributed by atoms with Crippen LogP contribution in [0.2, 0.25) is 5.02 Å². The molecule has 0 aliphatic heterocycles. The second-order valence-electron chi connectivity index (χ2n) is 8.52. The van der Waals surface area contributed by atoms with Crippen LogP contribution in [0.25, 0.3) is 0 Å². The van der Waals surface area contributed by atoms with Crippen LogP contribution in [0.5, 0.6) is 5.75 Å². The molecule has 1 atom stereocenters. The number of benzene rings is 3. The van der Waals surface area contributed by atoms with Crippen LogP contribution in [-0.2, 0) is 29.0 Å². The maximum absolute atomic E-state index is 13.7. The second kappa shape index (κ2) is 13.5.